The second kappa shape index (κ2) is 13.7. The molecule has 0 bridgehead atoms. The molecule has 44 heavy (non-hydrogen) atoms. The Balaban J connectivity index is 1.00. The molecule has 0 spiro atoms. The standard InChI is InChI=1S/C35H43N7O2/c1-24-31(22-38-40-24)29-20-30(34(36)37-21-29)35(43)39-32-4-3-5-33(32)44-23-26-8-12-28(13-9-26)27-10-6-25(7-11-27)14-15-42-18-16-41(2)17-19-42/h6-13,20-22,32-33H,3-5,14-19,23H2,1-2H3,(H2,36,37)(H,38,40)(H,39,43)/t32-,33-/m0/s1. The van der Waals surface area contributed by atoms with Crippen molar-refractivity contribution in [1.82, 2.24) is 30.3 Å². The number of piperazine rings is 1. The molecule has 4 N–H and O–H groups in total. The van der Waals surface area contributed by atoms with E-state index in [4.69, 9.17) is 10.5 Å². The minimum atomic E-state index is -0.229. The number of nitrogens with one attached hydrogen (secondary N) is 2. The maximum atomic E-state index is 13.2. The molecule has 1 amide bonds. The number of hydrogen-bond acceptors (Lipinski definition) is 7. The Labute approximate surface area is 259 Å². The van der Waals surface area contributed by atoms with Gasteiger partial charge in [-0.05, 0) is 68.0 Å². The van der Waals surface area contributed by atoms with Gasteiger partial charge in [0.05, 0.1) is 30.0 Å². The molecule has 0 unspecified atom stereocenters. The van der Waals surface area contributed by atoms with Crippen LogP contribution in [0.2, 0.25) is 0 Å². The first kappa shape index (κ1) is 30.0. The zero-order valence-corrected chi connectivity index (χ0v) is 25.8. The van der Waals surface area contributed by atoms with Crippen LogP contribution in [0.3, 0.4) is 0 Å². The number of amides is 1. The van der Waals surface area contributed by atoms with Gasteiger partial charge in [-0.15, -0.1) is 0 Å². The molecule has 1 aliphatic heterocycles. The molecule has 1 aliphatic carbocycles. The van der Waals surface area contributed by atoms with Crippen LogP contribution in [0.15, 0.2) is 67.0 Å². The molecule has 0 radical (unpaired) electrons. The lowest BCUT2D eigenvalue weighted by Gasteiger charge is -2.32. The minimum absolute atomic E-state index is 0.0505. The van der Waals surface area contributed by atoms with E-state index in [9.17, 15) is 4.79 Å². The van der Waals surface area contributed by atoms with Crippen LogP contribution in [0.4, 0.5) is 5.82 Å². The van der Waals surface area contributed by atoms with Gasteiger partial charge in [0.2, 0.25) is 0 Å². The number of aromatic nitrogens is 3. The first-order valence-electron chi connectivity index (χ1n) is 15.7. The number of aryl methyl sites for hydroxylation is 1. The summed E-state index contributed by atoms with van der Waals surface area (Å²) in [5, 5.41) is 10.2. The van der Waals surface area contributed by atoms with Crippen molar-refractivity contribution < 1.29 is 9.53 Å². The quantitative estimate of drug-likeness (QED) is 0.245. The van der Waals surface area contributed by atoms with E-state index in [1.54, 1.807) is 18.5 Å². The van der Waals surface area contributed by atoms with Crippen LogP contribution in [-0.4, -0.2) is 82.8 Å². The maximum absolute atomic E-state index is 13.2. The van der Waals surface area contributed by atoms with Crippen LogP contribution in [0.5, 0.6) is 0 Å². The second-order valence-electron chi connectivity index (χ2n) is 12.2. The Morgan fingerprint density at radius 1 is 1.00 bits per heavy atom. The van der Waals surface area contributed by atoms with E-state index in [1.165, 1.54) is 16.7 Å². The molecule has 2 aromatic carbocycles. The number of likely N-dealkylation sites (N-methyl/N-ethyl adjacent to an activating group) is 1. The van der Waals surface area contributed by atoms with Crippen molar-refractivity contribution in [2.24, 2.45) is 0 Å². The van der Waals surface area contributed by atoms with Gasteiger partial charge in [-0.1, -0.05) is 48.5 Å². The molecule has 3 heterocycles. The molecule has 4 aromatic rings. The van der Waals surface area contributed by atoms with Crippen LogP contribution in [-0.2, 0) is 17.8 Å². The zero-order valence-electron chi connectivity index (χ0n) is 25.8. The van der Waals surface area contributed by atoms with Gasteiger partial charge in [-0.25, -0.2) is 4.98 Å². The molecular formula is C35H43N7O2. The summed E-state index contributed by atoms with van der Waals surface area (Å²) in [5.74, 6) is -0.0172. The fraction of sp³-hybridized carbons (Fsp3) is 0.400. The second-order valence-corrected chi connectivity index (χ2v) is 12.2. The monoisotopic (exact) mass is 593 g/mol. The van der Waals surface area contributed by atoms with Crippen molar-refractivity contribution in [3.05, 3.63) is 89.4 Å². The SMILES string of the molecule is Cc1n[nH]cc1-c1cnc(N)c(C(=O)N[C@H]2CCC[C@@H]2OCc2ccc(-c3ccc(CCN4CCN(C)CC4)cc3)cc2)c1. The summed E-state index contributed by atoms with van der Waals surface area (Å²) in [6.45, 7) is 8.18. The van der Waals surface area contributed by atoms with Crippen LogP contribution >= 0.6 is 0 Å². The number of anilines is 1. The lowest BCUT2D eigenvalue weighted by Crippen LogP contribution is -2.45. The number of nitrogens with two attached hydrogens (primary N) is 1. The van der Waals surface area contributed by atoms with Crippen LogP contribution in [0.1, 0.15) is 46.4 Å². The number of hydrogen-bond donors (Lipinski definition) is 3. The molecule has 1 saturated carbocycles. The molecule has 2 aromatic heterocycles. The fourth-order valence-corrected chi connectivity index (χ4v) is 6.21. The highest BCUT2D eigenvalue weighted by Gasteiger charge is 2.30. The molecular weight excluding hydrogens is 550 g/mol. The van der Waals surface area contributed by atoms with Crippen molar-refractivity contribution in [3.8, 4) is 22.3 Å². The van der Waals surface area contributed by atoms with Crippen LogP contribution < -0.4 is 11.1 Å². The van der Waals surface area contributed by atoms with Crippen LogP contribution in [0.25, 0.3) is 22.3 Å². The number of aromatic amines is 1. The minimum Gasteiger partial charge on any atom is -0.383 e. The van der Waals surface area contributed by atoms with E-state index in [0.29, 0.717) is 12.2 Å². The summed E-state index contributed by atoms with van der Waals surface area (Å²) in [4.78, 5) is 22.5. The van der Waals surface area contributed by atoms with Crippen molar-refractivity contribution in [2.75, 3.05) is 45.5 Å². The summed E-state index contributed by atoms with van der Waals surface area (Å²) < 4.78 is 6.33. The predicted octanol–water partition coefficient (Wildman–Crippen LogP) is 4.69. The summed E-state index contributed by atoms with van der Waals surface area (Å²) >= 11 is 0. The summed E-state index contributed by atoms with van der Waals surface area (Å²) in [6, 6.07) is 19.3. The average Bonchev–Trinajstić information content (AvgIpc) is 3.68. The lowest BCUT2D eigenvalue weighted by molar-refractivity contribution is 0.0272. The molecule has 6 rings (SSSR count). The van der Waals surface area contributed by atoms with Crippen molar-refractivity contribution in [3.63, 3.8) is 0 Å². The van der Waals surface area contributed by atoms with Gasteiger partial charge in [-0.3, -0.25) is 9.89 Å². The van der Waals surface area contributed by atoms with Gasteiger partial charge in [-0.2, -0.15) is 5.10 Å². The van der Waals surface area contributed by atoms with E-state index in [-0.39, 0.29) is 23.9 Å². The Bertz CT molecular complexity index is 1540. The highest BCUT2D eigenvalue weighted by molar-refractivity contribution is 5.99. The fourth-order valence-electron chi connectivity index (χ4n) is 6.21. The third-order valence-corrected chi connectivity index (χ3v) is 9.09. The van der Waals surface area contributed by atoms with Gasteiger partial charge in [0, 0.05) is 56.2 Å². The molecule has 2 atom stereocenters. The number of pyridine rings is 1. The number of H-pyrrole nitrogens is 1. The topological polar surface area (TPSA) is 112 Å². The number of nitrogens with zero attached hydrogens (tertiary/aromatic N) is 4. The Morgan fingerprint density at radius 2 is 1.70 bits per heavy atom. The lowest BCUT2D eigenvalue weighted by atomic mass is 10.0. The maximum Gasteiger partial charge on any atom is 0.255 e. The van der Waals surface area contributed by atoms with Gasteiger partial charge < -0.3 is 25.6 Å². The van der Waals surface area contributed by atoms with E-state index in [2.05, 4.69) is 85.9 Å². The number of carbonyl (C=O) groups is 1. The smallest absolute Gasteiger partial charge is 0.255 e. The highest BCUT2D eigenvalue weighted by Crippen LogP contribution is 2.27. The Kier molecular flexibility index (Phi) is 9.35. The Hall–Kier alpha value is -4.05. The largest absolute Gasteiger partial charge is 0.383 e. The number of nitrogen functional groups attached to an aromatic ring is 1. The number of benzene rings is 2. The molecule has 9 nitrogen and oxygen atoms in total. The van der Waals surface area contributed by atoms with Crippen molar-refractivity contribution in [1.29, 1.82) is 0 Å². The van der Waals surface area contributed by atoms with Gasteiger partial charge >= 0.3 is 0 Å². The summed E-state index contributed by atoms with van der Waals surface area (Å²) in [5.41, 5.74) is 13.9. The first-order valence-corrected chi connectivity index (χ1v) is 15.7. The van der Waals surface area contributed by atoms with Crippen molar-refractivity contribution >= 4 is 11.7 Å². The molecule has 230 valence electrons. The third-order valence-electron chi connectivity index (χ3n) is 9.09. The number of carbonyl (C=O) groups excluding carboxylic acids is 1. The number of rotatable bonds is 10. The summed E-state index contributed by atoms with van der Waals surface area (Å²) in [7, 11) is 2.20. The van der Waals surface area contributed by atoms with Crippen LogP contribution in [0, 0.1) is 6.92 Å². The third kappa shape index (κ3) is 7.18. The van der Waals surface area contributed by atoms with Gasteiger partial charge in [0.1, 0.15) is 5.82 Å². The van der Waals surface area contributed by atoms with E-state index < -0.39 is 0 Å². The predicted molar refractivity (Wildman–Crippen MR) is 174 cm³/mol. The normalized spacial score (nSPS) is 19.3. The highest BCUT2D eigenvalue weighted by atomic mass is 16.5. The van der Waals surface area contributed by atoms with Gasteiger partial charge in [0.15, 0.2) is 0 Å². The zero-order chi connectivity index (χ0) is 30.5. The van der Waals surface area contributed by atoms with E-state index >= 15 is 0 Å². The summed E-state index contributed by atoms with van der Waals surface area (Å²) in [6.07, 6.45) is 7.28. The van der Waals surface area contributed by atoms with Crippen molar-refractivity contribution in [2.45, 2.75) is 51.4 Å². The first-order chi connectivity index (χ1) is 21.4. The van der Waals surface area contributed by atoms with E-state index in [1.807, 2.05) is 6.92 Å². The molecule has 1 saturated heterocycles. The van der Waals surface area contributed by atoms with E-state index in [0.717, 1.165) is 80.8 Å². The molecule has 2 aliphatic rings. The molecule has 2 fully saturated rings. The number of ether oxygens (including phenoxy) is 1. The Morgan fingerprint density at radius 3 is 2.39 bits per heavy atom. The average molecular weight is 594 g/mol. The van der Waals surface area contributed by atoms with Gasteiger partial charge in [0.25, 0.3) is 5.91 Å². The molecule has 9 heteroatoms.